The highest BCUT2D eigenvalue weighted by atomic mass is 16.5. The lowest BCUT2D eigenvalue weighted by atomic mass is 10.1. The number of rotatable bonds is 7. The van der Waals surface area contributed by atoms with Gasteiger partial charge in [0.05, 0.1) is 6.61 Å². The Kier molecular flexibility index (Phi) is 3.98. The van der Waals surface area contributed by atoms with E-state index >= 15 is 0 Å². The summed E-state index contributed by atoms with van der Waals surface area (Å²) in [5, 5.41) is 15.5. The summed E-state index contributed by atoms with van der Waals surface area (Å²) in [5.41, 5.74) is 0.0617. The largest absolute Gasteiger partial charge is 0.396 e. The zero-order chi connectivity index (χ0) is 13.0. The van der Waals surface area contributed by atoms with Crippen LogP contribution in [0.15, 0.2) is 6.07 Å². The molecule has 1 aliphatic carbocycles. The van der Waals surface area contributed by atoms with Crippen molar-refractivity contribution in [3.8, 4) is 0 Å². The molecule has 0 atom stereocenters. The zero-order valence-corrected chi connectivity index (χ0v) is 10.9. The molecule has 2 rings (SSSR count). The Morgan fingerprint density at radius 3 is 2.67 bits per heavy atom. The van der Waals surface area contributed by atoms with E-state index in [1.54, 1.807) is 7.11 Å². The lowest BCUT2D eigenvalue weighted by Gasteiger charge is -2.14. The minimum absolute atomic E-state index is 0.0617. The summed E-state index contributed by atoms with van der Waals surface area (Å²) in [6, 6.07) is 1.85. The summed E-state index contributed by atoms with van der Waals surface area (Å²) in [7, 11) is 3.44. The van der Waals surface area contributed by atoms with Crippen LogP contribution >= 0.6 is 0 Å². The summed E-state index contributed by atoms with van der Waals surface area (Å²) in [4.78, 5) is 8.65. The minimum atomic E-state index is 0.0617. The quantitative estimate of drug-likeness (QED) is 0.667. The van der Waals surface area contributed by atoms with E-state index in [9.17, 15) is 5.11 Å². The summed E-state index contributed by atoms with van der Waals surface area (Å²) < 4.78 is 5.04. The third-order valence-corrected chi connectivity index (χ3v) is 3.24. The Labute approximate surface area is 107 Å². The molecule has 0 spiro atoms. The normalized spacial score (nSPS) is 16.4. The SMILES string of the molecule is CNc1cc(NCC2(CO)CC2)nc(COC)n1. The second kappa shape index (κ2) is 5.49. The van der Waals surface area contributed by atoms with E-state index in [4.69, 9.17) is 4.74 Å². The molecule has 0 aliphatic heterocycles. The third-order valence-electron chi connectivity index (χ3n) is 3.24. The van der Waals surface area contributed by atoms with Crippen molar-refractivity contribution in [2.75, 3.05) is 37.9 Å². The first-order valence-electron chi connectivity index (χ1n) is 6.11. The van der Waals surface area contributed by atoms with Crippen molar-refractivity contribution in [3.63, 3.8) is 0 Å². The summed E-state index contributed by atoms with van der Waals surface area (Å²) >= 11 is 0. The molecule has 1 heterocycles. The van der Waals surface area contributed by atoms with Gasteiger partial charge in [-0.2, -0.15) is 0 Å². The van der Waals surface area contributed by atoms with Gasteiger partial charge in [0.1, 0.15) is 18.2 Å². The number of methoxy groups -OCH3 is 1. The number of anilines is 2. The van der Waals surface area contributed by atoms with Gasteiger partial charge in [-0.25, -0.2) is 9.97 Å². The topological polar surface area (TPSA) is 79.3 Å². The molecule has 3 N–H and O–H groups in total. The standard InChI is InChI=1S/C12H20N4O2/c1-13-9-5-10(16-11(15-9)6-18-2)14-7-12(8-17)3-4-12/h5,17H,3-4,6-8H2,1-2H3,(H2,13,14,15,16). The van der Waals surface area contributed by atoms with E-state index in [1.807, 2.05) is 13.1 Å². The number of hydrogen-bond acceptors (Lipinski definition) is 6. The molecule has 1 aromatic rings. The van der Waals surface area contributed by atoms with E-state index in [0.29, 0.717) is 12.4 Å². The molecule has 1 saturated carbocycles. The van der Waals surface area contributed by atoms with Crippen molar-refractivity contribution in [1.29, 1.82) is 0 Å². The van der Waals surface area contributed by atoms with Gasteiger partial charge in [0.2, 0.25) is 0 Å². The lowest BCUT2D eigenvalue weighted by Crippen LogP contribution is -2.20. The molecular weight excluding hydrogens is 232 g/mol. The molecule has 0 amide bonds. The van der Waals surface area contributed by atoms with Crippen LogP contribution in [0.1, 0.15) is 18.7 Å². The molecule has 0 unspecified atom stereocenters. The van der Waals surface area contributed by atoms with E-state index in [1.165, 1.54) is 0 Å². The average Bonchev–Trinajstić information content (AvgIpc) is 3.17. The fourth-order valence-electron chi connectivity index (χ4n) is 1.76. The van der Waals surface area contributed by atoms with Crippen molar-refractivity contribution in [2.24, 2.45) is 5.41 Å². The highest BCUT2D eigenvalue weighted by Gasteiger charge is 2.41. The van der Waals surface area contributed by atoms with Gasteiger partial charge < -0.3 is 20.5 Å². The van der Waals surface area contributed by atoms with E-state index in [0.717, 1.165) is 31.0 Å². The maximum atomic E-state index is 9.27. The number of aliphatic hydroxyl groups excluding tert-OH is 1. The predicted octanol–water partition coefficient (Wildman–Crippen LogP) is 0.849. The molecule has 6 heteroatoms. The first-order chi connectivity index (χ1) is 8.71. The zero-order valence-electron chi connectivity index (χ0n) is 10.9. The smallest absolute Gasteiger partial charge is 0.158 e. The van der Waals surface area contributed by atoms with Gasteiger partial charge in [-0.1, -0.05) is 0 Å². The van der Waals surface area contributed by atoms with Crippen LogP contribution in [0.4, 0.5) is 11.6 Å². The van der Waals surface area contributed by atoms with Gasteiger partial charge in [0.25, 0.3) is 0 Å². The summed E-state index contributed by atoms with van der Waals surface area (Å²) in [5.74, 6) is 2.16. The number of aliphatic hydroxyl groups is 1. The first-order valence-corrected chi connectivity index (χ1v) is 6.11. The number of ether oxygens (including phenoxy) is 1. The highest BCUT2D eigenvalue weighted by molar-refractivity contribution is 5.47. The Hall–Kier alpha value is -1.40. The van der Waals surface area contributed by atoms with Crippen LogP contribution in [0, 0.1) is 5.41 Å². The third kappa shape index (κ3) is 3.08. The monoisotopic (exact) mass is 252 g/mol. The van der Waals surface area contributed by atoms with Crippen LogP contribution in [-0.2, 0) is 11.3 Å². The number of aromatic nitrogens is 2. The number of nitrogens with zero attached hydrogens (tertiary/aromatic N) is 2. The van der Waals surface area contributed by atoms with Crippen LogP contribution in [-0.4, -0.2) is 42.4 Å². The van der Waals surface area contributed by atoms with Crippen LogP contribution < -0.4 is 10.6 Å². The molecule has 100 valence electrons. The first kappa shape index (κ1) is 13.0. The molecule has 0 bridgehead atoms. The van der Waals surface area contributed by atoms with Crippen molar-refractivity contribution in [3.05, 3.63) is 11.9 Å². The molecular formula is C12H20N4O2. The molecule has 18 heavy (non-hydrogen) atoms. The fourth-order valence-corrected chi connectivity index (χ4v) is 1.76. The van der Waals surface area contributed by atoms with Crippen molar-refractivity contribution in [2.45, 2.75) is 19.4 Å². The Bertz CT molecular complexity index is 407. The fraction of sp³-hybridized carbons (Fsp3) is 0.667. The van der Waals surface area contributed by atoms with Crippen LogP contribution in [0.25, 0.3) is 0 Å². The van der Waals surface area contributed by atoms with E-state index in [2.05, 4.69) is 20.6 Å². The predicted molar refractivity (Wildman–Crippen MR) is 69.5 cm³/mol. The molecule has 1 fully saturated rings. The second-order valence-corrected chi connectivity index (χ2v) is 4.75. The van der Waals surface area contributed by atoms with E-state index < -0.39 is 0 Å². The van der Waals surface area contributed by atoms with E-state index in [-0.39, 0.29) is 12.0 Å². The van der Waals surface area contributed by atoms with Gasteiger partial charge in [-0.05, 0) is 12.8 Å². The average molecular weight is 252 g/mol. The van der Waals surface area contributed by atoms with Crippen LogP contribution in [0.2, 0.25) is 0 Å². The van der Waals surface area contributed by atoms with Gasteiger partial charge >= 0.3 is 0 Å². The molecule has 0 aromatic carbocycles. The van der Waals surface area contributed by atoms with Crippen LogP contribution in [0.3, 0.4) is 0 Å². The Morgan fingerprint density at radius 1 is 1.39 bits per heavy atom. The Morgan fingerprint density at radius 2 is 2.11 bits per heavy atom. The van der Waals surface area contributed by atoms with Gasteiger partial charge in [0, 0.05) is 32.2 Å². The number of nitrogens with one attached hydrogen (secondary N) is 2. The lowest BCUT2D eigenvalue weighted by molar-refractivity contribution is 0.178. The maximum absolute atomic E-state index is 9.27. The molecule has 6 nitrogen and oxygen atoms in total. The molecule has 1 aromatic heterocycles. The van der Waals surface area contributed by atoms with Crippen LogP contribution in [0.5, 0.6) is 0 Å². The minimum Gasteiger partial charge on any atom is -0.396 e. The second-order valence-electron chi connectivity index (χ2n) is 4.75. The Balaban J connectivity index is 2.04. The van der Waals surface area contributed by atoms with Gasteiger partial charge in [-0.3, -0.25) is 0 Å². The van der Waals surface area contributed by atoms with Gasteiger partial charge in [0.15, 0.2) is 5.82 Å². The van der Waals surface area contributed by atoms with Gasteiger partial charge in [-0.15, -0.1) is 0 Å². The molecule has 1 aliphatic rings. The number of hydrogen-bond donors (Lipinski definition) is 3. The molecule has 0 radical (unpaired) electrons. The summed E-state index contributed by atoms with van der Waals surface area (Å²) in [6.45, 7) is 1.36. The highest BCUT2D eigenvalue weighted by Crippen LogP contribution is 2.44. The summed E-state index contributed by atoms with van der Waals surface area (Å²) in [6.07, 6.45) is 2.15. The molecule has 0 saturated heterocycles. The maximum Gasteiger partial charge on any atom is 0.158 e. The van der Waals surface area contributed by atoms with Crippen molar-refractivity contribution < 1.29 is 9.84 Å². The van der Waals surface area contributed by atoms with Crippen molar-refractivity contribution in [1.82, 2.24) is 9.97 Å². The van der Waals surface area contributed by atoms with Crippen molar-refractivity contribution >= 4 is 11.6 Å².